The molecule has 1 saturated heterocycles. The summed E-state index contributed by atoms with van der Waals surface area (Å²) in [5, 5.41) is 0. The summed E-state index contributed by atoms with van der Waals surface area (Å²) in [6.07, 6.45) is 2.73. The summed E-state index contributed by atoms with van der Waals surface area (Å²) in [5.74, 6) is 1.10. The Kier molecular flexibility index (Phi) is 8.45. The second-order valence-electron chi connectivity index (χ2n) is 9.44. The number of pyridine rings is 1. The molecule has 0 radical (unpaired) electrons. The lowest BCUT2D eigenvalue weighted by molar-refractivity contribution is 0.0378. The molecule has 0 spiro atoms. The van der Waals surface area contributed by atoms with Crippen LogP contribution in [0, 0.1) is 0 Å². The largest absolute Gasteiger partial charge is 0.489 e. The lowest BCUT2D eigenvalue weighted by Crippen LogP contribution is -2.46. The molecule has 4 rings (SSSR count). The van der Waals surface area contributed by atoms with Crippen molar-refractivity contribution < 1.29 is 22.7 Å². The van der Waals surface area contributed by atoms with Crippen LogP contribution in [0.4, 0.5) is 5.82 Å². The van der Waals surface area contributed by atoms with Gasteiger partial charge in [0, 0.05) is 45.2 Å². The number of piperazine rings is 1. The van der Waals surface area contributed by atoms with Crippen LogP contribution in [-0.2, 0) is 27.7 Å². The van der Waals surface area contributed by atoms with Gasteiger partial charge < -0.3 is 14.4 Å². The predicted molar refractivity (Wildman–Crippen MR) is 143 cm³/mol. The van der Waals surface area contributed by atoms with E-state index < -0.39 is 9.84 Å². The highest BCUT2D eigenvalue weighted by atomic mass is 32.2. The Morgan fingerprint density at radius 3 is 2.22 bits per heavy atom. The van der Waals surface area contributed by atoms with Gasteiger partial charge >= 0.3 is 5.97 Å². The number of carbonyl (C=O) groups excluding carboxylic acids is 1. The molecule has 37 heavy (non-hydrogen) atoms. The van der Waals surface area contributed by atoms with E-state index in [1.807, 2.05) is 26.0 Å². The van der Waals surface area contributed by atoms with E-state index >= 15 is 0 Å². The number of nitrogens with zero attached hydrogens (tertiary/aromatic N) is 3. The molecule has 2 heterocycles. The first-order chi connectivity index (χ1) is 17.7. The first-order valence-electron chi connectivity index (χ1n) is 12.3. The minimum Gasteiger partial charge on any atom is -0.489 e. The predicted octanol–water partition coefficient (Wildman–Crippen LogP) is 3.95. The summed E-state index contributed by atoms with van der Waals surface area (Å²) < 4.78 is 34.4. The number of hydrogen-bond donors (Lipinski definition) is 0. The quantitative estimate of drug-likeness (QED) is 0.390. The molecule has 0 unspecified atom stereocenters. The number of anilines is 1. The van der Waals surface area contributed by atoms with Gasteiger partial charge in [0.2, 0.25) is 0 Å². The summed E-state index contributed by atoms with van der Waals surface area (Å²) >= 11 is 0. The monoisotopic (exact) mass is 523 g/mol. The van der Waals surface area contributed by atoms with E-state index in [-0.39, 0.29) is 12.1 Å². The van der Waals surface area contributed by atoms with Crippen molar-refractivity contribution in [3.63, 3.8) is 0 Å². The summed E-state index contributed by atoms with van der Waals surface area (Å²) in [4.78, 5) is 21.8. The fraction of sp³-hybridized carbons (Fsp3) is 0.357. The molecule has 0 atom stereocenters. The minimum atomic E-state index is -3.20. The molecular weight excluding hydrogens is 490 g/mol. The zero-order valence-electron chi connectivity index (χ0n) is 21.5. The van der Waals surface area contributed by atoms with E-state index in [0.717, 1.165) is 44.0 Å². The van der Waals surface area contributed by atoms with Crippen LogP contribution in [0.5, 0.6) is 5.75 Å². The van der Waals surface area contributed by atoms with Crippen LogP contribution in [0.1, 0.15) is 35.3 Å². The molecule has 0 bridgehead atoms. The van der Waals surface area contributed by atoms with Gasteiger partial charge in [0.15, 0.2) is 9.84 Å². The molecule has 1 aliphatic heterocycles. The number of hydrogen-bond acceptors (Lipinski definition) is 8. The number of esters is 1. The average molecular weight is 524 g/mol. The van der Waals surface area contributed by atoms with Crippen LogP contribution in [0.3, 0.4) is 0 Å². The molecule has 196 valence electrons. The summed E-state index contributed by atoms with van der Waals surface area (Å²) in [6, 6.07) is 18.3. The SMILES string of the molecule is CC(C)OC(=O)c1cccnc1N1CCN(Cc2ccc(OCc3ccc(S(C)(=O)=O)cc3)cc2)CC1. The molecule has 1 aliphatic rings. The summed E-state index contributed by atoms with van der Waals surface area (Å²) in [7, 11) is -3.20. The Bertz CT molecular complexity index is 1300. The number of aromatic nitrogens is 1. The number of ether oxygens (including phenoxy) is 2. The van der Waals surface area contributed by atoms with Crippen molar-refractivity contribution in [3.8, 4) is 5.75 Å². The van der Waals surface area contributed by atoms with Crippen LogP contribution >= 0.6 is 0 Å². The Balaban J connectivity index is 1.27. The van der Waals surface area contributed by atoms with Gasteiger partial charge in [-0.2, -0.15) is 0 Å². The van der Waals surface area contributed by atoms with Gasteiger partial charge in [-0.1, -0.05) is 24.3 Å². The number of benzene rings is 2. The Labute approximate surface area is 218 Å². The molecule has 0 saturated carbocycles. The molecule has 0 amide bonds. The van der Waals surface area contributed by atoms with Gasteiger partial charge in [0.25, 0.3) is 0 Å². The third-order valence-corrected chi connectivity index (χ3v) is 7.24. The van der Waals surface area contributed by atoms with Crippen molar-refractivity contribution in [2.75, 3.05) is 37.3 Å². The van der Waals surface area contributed by atoms with E-state index in [9.17, 15) is 13.2 Å². The molecule has 3 aromatic rings. The van der Waals surface area contributed by atoms with Crippen LogP contribution in [0.25, 0.3) is 0 Å². The lowest BCUT2D eigenvalue weighted by atomic mass is 10.1. The summed E-state index contributed by atoms with van der Waals surface area (Å²) in [5.41, 5.74) is 2.60. The van der Waals surface area contributed by atoms with Gasteiger partial charge in [-0.25, -0.2) is 18.2 Å². The van der Waals surface area contributed by atoms with E-state index in [4.69, 9.17) is 9.47 Å². The second-order valence-corrected chi connectivity index (χ2v) is 11.5. The third-order valence-electron chi connectivity index (χ3n) is 6.11. The topological polar surface area (TPSA) is 89.0 Å². The van der Waals surface area contributed by atoms with E-state index in [0.29, 0.717) is 22.9 Å². The maximum Gasteiger partial charge on any atom is 0.342 e. The van der Waals surface area contributed by atoms with Crippen molar-refractivity contribution in [2.24, 2.45) is 0 Å². The Hall–Kier alpha value is -3.43. The summed E-state index contributed by atoms with van der Waals surface area (Å²) in [6.45, 7) is 8.14. The fourth-order valence-corrected chi connectivity index (χ4v) is 4.78. The number of carbonyl (C=O) groups is 1. The standard InChI is InChI=1S/C28H33N3O5S/c1-21(2)36-28(32)26-5-4-14-29-27(26)31-17-15-30(16-18-31)19-22-6-10-24(11-7-22)35-20-23-8-12-25(13-9-23)37(3,33)34/h4-14,21H,15-20H2,1-3H3. The van der Waals surface area contributed by atoms with Crippen molar-refractivity contribution in [2.45, 2.75) is 38.0 Å². The van der Waals surface area contributed by atoms with Crippen molar-refractivity contribution in [1.29, 1.82) is 0 Å². The van der Waals surface area contributed by atoms with Crippen molar-refractivity contribution >= 4 is 21.6 Å². The van der Waals surface area contributed by atoms with Gasteiger partial charge in [0.05, 0.1) is 11.0 Å². The third kappa shape index (κ3) is 7.30. The van der Waals surface area contributed by atoms with Gasteiger partial charge in [-0.3, -0.25) is 4.90 Å². The van der Waals surface area contributed by atoms with E-state index in [2.05, 4.69) is 26.9 Å². The van der Waals surface area contributed by atoms with Crippen LogP contribution in [-0.4, -0.2) is 62.8 Å². The molecule has 1 fully saturated rings. The van der Waals surface area contributed by atoms with Crippen LogP contribution in [0.15, 0.2) is 71.8 Å². The van der Waals surface area contributed by atoms with Gasteiger partial charge in [0.1, 0.15) is 23.7 Å². The molecule has 0 aliphatic carbocycles. The fourth-order valence-electron chi connectivity index (χ4n) is 4.15. The minimum absolute atomic E-state index is 0.178. The highest BCUT2D eigenvalue weighted by molar-refractivity contribution is 7.90. The zero-order valence-corrected chi connectivity index (χ0v) is 22.3. The zero-order chi connectivity index (χ0) is 26.4. The number of sulfone groups is 1. The van der Waals surface area contributed by atoms with Gasteiger partial charge in [-0.15, -0.1) is 0 Å². The smallest absolute Gasteiger partial charge is 0.342 e. The molecule has 1 aromatic heterocycles. The maximum absolute atomic E-state index is 12.5. The van der Waals surface area contributed by atoms with E-state index in [1.54, 1.807) is 42.6 Å². The molecule has 0 N–H and O–H groups in total. The molecule has 8 nitrogen and oxygen atoms in total. The van der Waals surface area contributed by atoms with Crippen LogP contribution in [0.2, 0.25) is 0 Å². The normalized spacial score (nSPS) is 14.5. The molecule has 9 heteroatoms. The van der Waals surface area contributed by atoms with Crippen molar-refractivity contribution in [1.82, 2.24) is 9.88 Å². The Morgan fingerprint density at radius 2 is 1.59 bits per heavy atom. The Morgan fingerprint density at radius 1 is 0.946 bits per heavy atom. The average Bonchev–Trinajstić information content (AvgIpc) is 2.88. The first kappa shape index (κ1) is 26.6. The highest BCUT2D eigenvalue weighted by Crippen LogP contribution is 2.22. The second kappa shape index (κ2) is 11.7. The lowest BCUT2D eigenvalue weighted by Gasteiger charge is -2.36. The number of rotatable bonds is 9. The maximum atomic E-state index is 12.5. The molecule has 2 aromatic carbocycles. The first-order valence-corrected chi connectivity index (χ1v) is 14.2. The molecular formula is C28H33N3O5S. The van der Waals surface area contributed by atoms with Crippen LogP contribution < -0.4 is 9.64 Å². The van der Waals surface area contributed by atoms with E-state index in [1.165, 1.54) is 11.8 Å². The van der Waals surface area contributed by atoms with Gasteiger partial charge in [-0.05, 0) is 61.4 Å². The van der Waals surface area contributed by atoms with Crippen molar-refractivity contribution in [3.05, 3.63) is 83.6 Å². The highest BCUT2D eigenvalue weighted by Gasteiger charge is 2.23.